The molecule has 0 radical (unpaired) electrons. The molecule has 2 atom stereocenters. The van der Waals surface area contributed by atoms with Gasteiger partial charge in [-0.05, 0) is 52.3 Å². The zero-order chi connectivity index (χ0) is 27.8. The Morgan fingerprint density at radius 1 is 1.18 bits per heavy atom. The molecule has 11 heteroatoms. The summed E-state index contributed by atoms with van der Waals surface area (Å²) in [4.78, 5) is 15.2. The van der Waals surface area contributed by atoms with E-state index in [0.29, 0.717) is 25.1 Å². The second-order valence-corrected chi connectivity index (χ2v) is 11.6. The largest absolute Gasteiger partial charge is 0.496 e. The third-order valence-corrected chi connectivity index (χ3v) is 7.84. The summed E-state index contributed by atoms with van der Waals surface area (Å²) in [7, 11) is 1.73. The number of guanidine groups is 1. The van der Waals surface area contributed by atoms with Crippen molar-refractivity contribution in [1.82, 2.24) is 30.9 Å². The van der Waals surface area contributed by atoms with Gasteiger partial charge < -0.3 is 25.9 Å². The highest BCUT2D eigenvalue weighted by molar-refractivity contribution is 5.89. The molecule has 1 aromatic rings. The Hall–Kier alpha value is -3.28. The monoisotopic (exact) mass is 537 g/mol. The topological polar surface area (TPSA) is 115 Å². The van der Waals surface area contributed by atoms with Crippen LogP contribution in [-0.2, 0) is 17.9 Å². The van der Waals surface area contributed by atoms with Gasteiger partial charge >= 0.3 is 0 Å². The average molecular weight is 538 g/mol. The number of nitrogens with one attached hydrogen (secondary N) is 3. The predicted octanol–water partition coefficient (Wildman–Crippen LogP) is 1.66. The maximum Gasteiger partial charge on any atom is 0.195 e. The van der Waals surface area contributed by atoms with Crippen molar-refractivity contribution in [1.29, 1.82) is 0 Å². The normalized spacial score (nSPS) is 27.3. The fourth-order valence-corrected chi connectivity index (χ4v) is 5.68. The van der Waals surface area contributed by atoms with E-state index in [4.69, 9.17) is 20.4 Å². The number of nitrogens with two attached hydrogens (primary N) is 1. The first-order valence-corrected chi connectivity index (χ1v) is 13.8. The number of fused-ring (bicyclic) bond motifs is 1. The number of nitrogens with zero attached hydrogens (tertiary/aromatic N) is 5. The molecule has 0 aromatic heterocycles. The number of allylic oxidation sites excluding steroid dienone is 1. The fraction of sp³-hybridized carbons (Fsp3) is 0.571. The molecule has 212 valence electrons. The van der Waals surface area contributed by atoms with E-state index in [1.807, 2.05) is 25.1 Å². The van der Waals surface area contributed by atoms with Crippen LogP contribution in [0.4, 0.5) is 0 Å². The van der Waals surface area contributed by atoms with Gasteiger partial charge in [0.1, 0.15) is 28.6 Å². The summed E-state index contributed by atoms with van der Waals surface area (Å²) >= 11 is 0. The zero-order valence-corrected chi connectivity index (χ0v) is 24.0. The second-order valence-electron chi connectivity index (χ2n) is 11.6. The van der Waals surface area contributed by atoms with Crippen LogP contribution >= 0.6 is 0 Å². The summed E-state index contributed by atoms with van der Waals surface area (Å²) in [6.07, 6.45) is 3.91. The van der Waals surface area contributed by atoms with Crippen molar-refractivity contribution in [2.24, 2.45) is 15.8 Å². The van der Waals surface area contributed by atoms with Crippen LogP contribution < -0.4 is 26.6 Å². The number of benzene rings is 1. The molecule has 2 unspecified atom stereocenters. The number of hydrogen-bond acceptors (Lipinski definition) is 11. The SMILES string of the molecule is COc1cc(CN2CCN(C(C)C)CC2)ccc1CN1N=CC2(C)N=C(N)NC(NCC3(C)C=C(C)ON3)=C12. The highest BCUT2D eigenvalue weighted by atomic mass is 16.7. The molecule has 39 heavy (non-hydrogen) atoms. The van der Waals surface area contributed by atoms with E-state index in [0.717, 1.165) is 61.3 Å². The number of rotatable bonds is 9. The van der Waals surface area contributed by atoms with Gasteiger partial charge in [-0.1, -0.05) is 12.1 Å². The van der Waals surface area contributed by atoms with Crippen LogP contribution in [-0.4, -0.2) is 83.9 Å². The summed E-state index contributed by atoms with van der Waals surface area (Å²) in [5.41, 5.74) is 11.4. The smallest absolute Gasteiger partial charge is 0.195 e. The molecule has 0 spiro atoms. The van der Waals surface area contributed by atoms with E-state index in [9.17, 15) is 0 Å². The number of hydrazone groups is 1. The minimum atomic E-state index is -0.671. The number of aliphatic imine (C=N–C) groups is 1. The van der Waals surface area contributed by atoms with Gasteiger partial charge in [-0.15, -0.1) is 5.48 Å². The number of hydrogen-bond donors (Lipinski definition) is 4. The molecule has 1 saturated heterocycles. The van der Waals surface area contributed by atoms with E-state index in [2.05, 4.69) is 76.0 Å². The first-order chi connectivity index (χ1) is 18.6. The van der Waals surface area contributed by atoms with Crippen molar-refractivity contribution in [2.75, 3.05) is 39.8 Å². The Balaban J connectivity index is 1.31. The van der Waals surface area contributed by atoms with E-state index < -0.39 is 5.54 Å². The first-order valence-electron chi connectivity index (χ1n) is 13.8. The Kier molecular flexibility index (Phi) is 7.49. The Morgan fingerprint density at radius 3 is 2.62 bits per heavy atom. The lowest BCUT2D eigenvalue weighted by atomic mass is 9.98. The molecule has 5 N–H and O–H groups in total. The molecule has 0 saturated carbocycles. The summed E-state index contributed by atoms with van der Waals surface area (Å²) in [5.74, 6) is 2.83. The van der Waals surface area contributed by atoms with Gasteiger partial charge in [-0.3, -0.25) is 14.8 Å². The van der Waals surface area contributed by atoms with Crippen LogP contribution in [0, 0.1) is 0 Å². The molecule has 0 bridgehead atoms. The van der Waals surface area contributed by atoms with Crippen molar-refractivity contribution in [3.8, 4) is 5.75 Å². The van der Waals surface area contributed by atoms with Crippen LogP contribution in [0.2, 0.25) is 0 Å². The average Bonchev–Trinajstić information content (AvgIpc) is 3.41. The molecule has 11 nitrogen and oxygen atoms in total. The van der Waals surface area contributed by atoms with Gasteiger partial charge in [0.05, 0.1) is 25.4 Å². The van der Waals surface area contributed by atoms with Gasteiger partial charge in [0.15, 0.2) is 5.96 Å². The Morgan fingerprint density at radius 2 is 1.95 bits per heavy atom. The van der Waals surface area contributed by atoms with Crippen LogP contribution in [0.15, 0.2) is 51.6 Å². The van der Waals surface area contributed by atoms with Crippen LogP contribution in [0.25, 0.3) is 0 Å². The molecule has 0 amide bonds. The van der Waals surface area contributed by atoms with Crippen molar-refractivity contribution < 1.29 is 9.57 Å². The van der Waals surface area contributed by atoms with Gasteiger partial charge in [0.2, 0.25) is 0 Å². The summed E-state index contributed by atoms with van der Waals surface area (Å²) in [5, 5.41) is 13.4. The summed E-state index contributed by atoms with van der Waals surface area (Å²) in [6, 6.07) is 7.12. The van der Waals surface area contributed by atoms with Crippen LogP contribution in [0.5, 0.6) is 5.75 Å². The third kappa shape index (κ3) is 5.85. The highest BCUT2D eigenvalue weighted by Gasteiger charge is 2.42. The lowest BCUT2D eigenvalue weighted by molar-refractivity contribution is 0.0862. The molecule has 1 fully saturated rings. The summed E-state index contributed by atoms with van der Waals surface area (Å²) < 4.78 is 5.85. The molecule has 0 aliphatic carbocycles. The third-order valence-electron chi connectivity index (χ3n) is 7.84. The van der Waals surface area contributed by atoms with Gasteiger partial charge in [0, 0.05) is 50.9 Å². The zero-order valence-electron chi connectivity index (χ0n) is 24.0. The molecule has 4 aliphatic heterocycles. The number of hydroxylamine groups is 1. The maximum atomic E-state index is 6.17. The Labute approximate surface area is 231 Å². The molecule has 5 rings (SSSR count). The second kappa shape index (κ2) is 10.7. The maximum absolute atomic E-state index is 6.17. The molecule has 4 heterocycles. The van der Waals surface area contributed by atoms with Crippen molar-refractivity contribution in [3.63, 3.8) is 0 Å². The van der Waals surface area contributed by atoms with Crippen LogP contribution in [0.1, 0.15) is 45.7 Å². The lowest BCUT2D eigenvalue weighted by Gasteiger charge is -2.37. The van der Waals surface area contributed by atoms with E-state index in [-0.39, 0.29) is 5.54 Å². The van der Waals surface area contributed by atoms with Crippen LogP contribution in [0.3, 0.4) is 0 Å². The van der Waals surface area contributed by atoms with Gasteiger partial charge in [-0.2, -0.15) is 5.10 Å². The first kappa shape index (κ1) is 27.3. The Bertz CT molecular complexity index is 1200. The molecule has 1 aromatic carbocycles. The van der Waals surface area contributed by atoms with Crippen molar-refractivity contribution >= 4 is 12.2 Å². The van der Waals surface area contributed by atoms with E-state index >= 15 is 0 Å². The van der Waals surface area contributed by atoms with E-state index in [1.165, 1.54) is 5.56 Å². The predicted molar refractivity (Wildman–Crippen MR) is 154 cm³/mol. The molecule has 4 aliphatic rings. The van der Waals surface area contributed by atoms with Crippen molar-refractivity contribution in [2.45, 2.75) is 64.8 Å². The molecular weight excluding hydrogens is 494 g/mol. The van der Waals surface area contributed by atoms with Crippen molar-refractivity contribution in [3.05, 3.63) is 52.7 Å². The van der Waals surface area contributed by atoms with Gasteiger partial charge in [-0.25, -0.2) is 4.99 Å². The number of piperazine rings is 1. The fourth-order valence-electron chi connectivity index (χ4n) is 5.68. The number of ether oxygens (including phenoxy) is 1. The van der Waals surface area contributed by atoms with Gasteiger partial charge in [0.25, 0.3) is 0 Å². The molecular formula is C28H43N9O2. The minimum absolute atomic E-state index is 0.348. The minimum Gasteiger partial charge on any atom is -0.496 e. The quantitative estimate of drug-likeness (QED) is 0.373. The lowest BCUT2D eigenvalue weighted by Crippen LogP contribution is -2.52. The summed E-state index contributed by atoms with van der Waals surface area (Å²) in [6.45, 7) is 17.0. The highest BCUT2D eigenvalue weighted by Crippen LogP contribution is 2.35. The standard InChI is InChI=1S/C28H43N9O2/c1-19(2)36-11-9-35(10-12-36)15-21-7-8-22(23(13-21)38-6)16-37-24-25(30-17-27(4)14-20(3)39-34-27)32-26(29)33-28(24,5)18-31-37/h7-8,13-14,18-19,30,34H,9-12,15-17H2,1-6H3,(H3,29,32,33). The van der Waals surface area contributed by atoms with E-state index in [1.54, 1.807) is 7.11 Å². The number of methoxy groups -OCH3 is 1.